The average Bonchev–Trinajstić information content (AvgIpc) is 2.86. The number of aliphatic hydroxyl groups is 1. The Bertz CT molecular complexity index is 367. The number of benzene rings is 1. The smallest absolute Gasteiger partial charge is 0.0476 e. The van der Waals surface area contributed by atoms with Crippen molar-refractivity contribution < 1.29 is 5.11 Å². The van der Waals surface area contributed by atoms with Crippen molar-refractivity contribution in [2.45, 2.75) is 19.4 Å². The van der Waals surface area contributed by atoms with Gasteiger partial charge in [0.25, 0.3) is 0 Å². The minimum absolute atomic E-state index is 0.306. The topological polar surface area (TPSA) is 35.5 Å². The molecule has 2 atom stereocenters. The van der Waals surface area contributed by atoms with Crippen LogP contribution in [0.5, 0.6) is 0 Å². The van der Waals surface area contributed by atoms with E-state index in [1.54, 1.807) is 0 Å². The van der Waals surface area contributed by atoms with Gasteiger partial charge in [-0.15, -0.1) is 0 Å². The molecule has 2 unspecified atom stereocenters. The summed E-state index contributed by atoms with van der Waals surface area (Å²) in [5, 5.41) is 12.5. The zero-order valence-corrected chi connectivity index (χ0v) is 10.7. The summed E-state index contributed by atoms with van der Waals surface area (Å²) in [6.07, 6.45) is 1.10. The van der Waals surface area contributed by atoms with Gasteiger partial charge in [0.15, 0.2) is 0 Å². The van der Waals surface area contributed by atoms with Crippen LogP contribution in [0.4, 0.5) is 5.69 Å². The average molecular weight is 234 g/mol. The van der Waals surface area contributed by atoms with E-state index < -0.39 is 0 Å². The predicted molar refractivity (Wildman–Crippen MR) is 71.3 cm³/mol. The number of anilines is 1. The van der Waals surface area contributed by atoms with Crippen LogP contribution < -0.4 is 10.2 Å². The highest BCUT2D eigenvalue weighted by Gasteiger charge is 2.24. The maximum Gasteiger partial charge on any atom is 0.0476 e. The molecule has 3 heteroatoms. The fraction of sp³-hybridized carbons (Fsp3) is 0.571. The van der Waals surface area contributed by atoms with E-state index in [4.69, 9.17) is 0 Å². The molecule has 1 saturated heterocycles. The second-order valence-electron chi connectivity index (χ2n) is 4.85. The lowest BCUT2D eigenvalue weighted by atomic mass is 10.1. The van der Waals surface area contributed by atoms with Gasteiger partial charge in [0.1, 0.15) is 0 Å². The van der Waals surface area contributed by atoms with E-state index in [2.05, 4.69) is 41.4 Å². The van der Waals surface area contributed by atoms with Crippen LogP contribution in [0.3, 0.4) is 0 Å². The number of para-hydroxylation sites is 1. The third-order valence-electron chi connectivity index (χ3n) is 3.72. The summed E-state index contributed by atoms with van der Waals surface area (Å²) in [5.41, 5.74) is 2.65. The molecule has 0 amide bonds. The molecule has 2 N–H and O–H groups in total. The molecule has 94 valence electrons. The molecular weight excluding hydrogens is 212 g/mol. The fourth-order valence-electron chi connectivity index (χ4n) is 2.50. The van der Waals surface area contributed by atoms with Gasteiger partial charge in [-0.3, -0.25) is 0 Å². The van der Waals surface area contributed by atoms with Crippen LogP contribution in [-0.2, 0) is 0 Å². The van der Waals surface area contributed by atoms with Crippen LogP contribution in [0, 0.1) is 5.92 Å². The number of rotatable bonds is 4. The zero-order valence-electron chi connectivity index (χ0n) is 10.7. The molecule has 1 fully saturated rings. The molecule has 0 aliphatic carbocycles. The van der Waals surface area contributed by atoms with Crippen molar-refractivity contribution >= 4 is 5.69 Å². The Morgan fingerprint density at radius 1 is 1.47 bits per heavy atom. The summed E-state index contributed by atoms with van der Waals surface area (Å²) >= 11 is 0. The second-order valence-corrected chi connectivity index (χ2v) is 4.85. The number of hydrogen-bond donors (Lipinski definition) is 2. The summed E-state index contributed by atoms with van der Waals surface area (Å²) in [5.74, 6) is 0.438. The third-order valence-corrected chi connectivity index (χ3v) is 3.72. The molecule has 0 radical (unpaired) electrons. The van der Waals surface area contributed by atoms with Gasteiger partial charge in [0, 0.05) is 37.3 Å². The first kappa shape index (κ1) is 12.4. The highest BCUT2D eigenvalue weighted by Crippen LogP contribution is 2.30. The number of aliphatic hydroxyl groups excluding tert-OH is 1. The predicted octanol–water partition coefficient (Wildman–Crippen LogP) is 1.79. The lowest BCUT2D eigenvalue weighted by Gasteiger charge is -2.24. The lowest BCUT2D eigenvalue weighted by Crippen LogP contribution is -2.24. The van der Waals surface area contributed by atoms with Gasteiger partial charge in [0.2, 0.25) is 0 Å². The van der Waals surface area contributed by atoms with E-state index in [1.165, 1.54) is 11.3 Å². The number of hydrogen-bond acceptors (Lipinski definition) is 3. The van der Waals surface area contributed by atoms with E-state index in [9.17, 15) is 5.11 Å². The van der Waals surface area contributed by atoms with Crippen molar-refractivity contribution in [1.29, 1.82) is 0 Å². The minimum atomic E-state index is 0.306. The van der Waals surface area contributed by atoms with Crippen molar-refractivity contribution in [2.24, 2.45) is 5.92 Å². The molecular formula is C14H22N2O. The Morgan fingerprint density at radius 3 is 2.88 bits per heavy atom. The first-order valence-corrected chi connectivity index (χ1v) is 6.38. The van der Waals surface area contributed by atoms with Gasteiger partial charge in [-0.25, -0.2) is 0 Å². The first-order chi connectivity index (χ1) is 8.26. The number of nitrogens with one attached hydrogen (secondary N) is 1. The molecule has 3 nitrogen and oxygen atoms in total. The van der Waals surface area contributed by atoms with Gasteiger partial charge >= 0.3 is 0 Å². The van der Waals surface area contributed by atoms with Crippen LogP contribution in [-0.4, -0.2) is 31.9 Å². The van der Waals surface area contributed by atoms with Gasteiger partial charge in [0.05, 0.1) is 0 Å². The van der Waals surface area contributed by atoms with E-state index in [1.807, 2.05) is 7.05 Å². The maximum atomic E-state index is 9.22. The monoisotopic (exact) mass is 234 g/mol. The Morgan fingerprint density at radius 2 is 2.24 bits per heavy atom. The third kappa shape index (κ3) is 2.61. The Labute approximate surface area is 103 Å². The molecule has 0 aromatic heterocycles. The molecule has 1 aliphatic heterocycles. The van der Waals surface area contributed by atoms with Crippen molar-refractivity contribution in [3.8, 4) is 0 Å². The van der Waals surface area contributed by atoms with E-state index >= 15 is 0 Å². The largest absolute Gasteiger partial charge is 0.396 e. The minimum Gasteiger partial charge on any atom is -0.396 e. The Balaban J connectivity index is 2.20. The van der Waals surface area contributed by atoms with Crippen LogP contribution in [0.25, 0.3) is 0 Å². The van der Waals surface area contributed by atoms with Crippen molar-refractivity contribution in [3.05, 3.63) is 29.8 Å². The summed E-state index contributed by atoms with van der Waals surface area (Å²) in [6, 6.07) is 8.91. The van der Waals surface area contributed by atoms with Crippen molar-refractivity contribution in [3.63, 3.8) is 0 Å². The molecule has 1 aromatic carbocycles. The van der Waals surface area contributed by atoms with Gasteiger partial charge < -0.3 is 15.3 Å². The summed E-state index contributed by atoms with van der Waals surface area (Å²) in [6.45, 7) is 4.52. The van der Waals surface area contributed by atoms with Crippen LogP contribution in [0.2, 0.25) is 0 Å². The second kappa shape index (κ2) is 5.52. The molecule has 1 aromatic rings. The standard InChI is InChI=1S/C14H22N2O/c1-11(15-2)13-5-3-4-6-14(13)16-8-7-12(9-16)10-17/h3-6,11-12,15,17H,7-10H2,1-2H3. The molecule has 17 heavy (non-hydrogen) atoms. The van der Waals surface area contributed by atoms with Gasteiger partial charge in [-0.1, -0.05) is 18.2 Å². The van der Waals surface area contributed by atoms with Crippen molar-refractivity contribution in [2.75, 3.05) is 31.6 Å². The first-order valence-electron chi connectivity index (χ1n) is 6.38. The Hall–Kier alpha value is -1.06. The summed E-state index contributed by atoms with van der Waals surface area (Å²) < 4.78 is 0. The molecule has 0 spiro atoms. The SMILES string of the molecule is CNC(C)c1ccccc1N1CCC(CO)C1. The highest BCUT2D eigenvalue weighted by molar-refractivity contribution is 5.55. The number of nitrogens with zero attached hydrogens (tertiary/aromatic N) is 1. The maximum absolute atomic E-state index is 9.22. The van der Waals surface area contributed by atoms with E-state index in [-0.39, 0.29) is 0 Å². The normalized spacial score (nSPS) is 21.8. The van der Waals surface area contributed by atoms with Crippen LogP contribution in [0.1, 0.15) is 24.9 Å². The molecule has 1 heterocycles. The fourth-order valence-corrected chi connectivity index (χ4v) is 2.50. The van der Waals surface area contributed by atoms with E-state index in [0.717, 1.165) is 19.5 Å². The van der Waals surface area contributed by atoms with Gasteiger partial charge in [-0.2, -0.15) is 0 Å². The quantitative estimate of drug-likeness (QED) is 0.833. The van der Waals surface area contributed by atoms with E-state index in [0.29, 0.717) is 18.6 Å². The Kier molecular flexibility index (Phi) is 4.02. The van der Waals surface area contributed by atoms with Crippen molar-refractivity contribution in [1.82, 2.24) is 5.32 Å². The lowest BCUT2D eigenvalue weighted by molar-refractivity contribution is 0.238. The highest BCUT2D eigenvalue weighted by atomic mass is 16.3. The summed E-state index contributed by atoms with van der Waals surface area (Å²) in [4.78, 5) is 2.39. The zero-order chi connectivity index (χ0) is 12.3. The van der Waals surface area contributed by atoms with Crippen LogP contribution in [0.15, 0.2) is 24.3 Å². The molecule has 2 rings (SSSR count). The van der Waals surface area contributed by atoms with Gasteiger partial charge in [-0.05, 0) is 32.0 Å². The van der Waals surface area contributed by atoms with Crippen LogP contribution >= 0.6 is 0 Å². The molecule has 0 bridgehead atoms. The molecule has 0 saturated carbocycles. The molecule has 1 aliphatic rings. The summed E-state index contributed by atoms with van der Waals surface area (Å²) in [7, 11) is 1.99.